The topological polar surface area (TPSA) is 71.1 Å². The van der Waals surface area contributed by atoms with Crippen molar-refractivity contribution in [2.45, 2.75) is 63.6 Å². The molecule has 0 unspecified atom stereocenters. The summed E-state index contributed by atoms with van der Waals surface area (Å²) in [5.41, 5.74) is -0.463. The summed E-state index contributed by atoms with van der Waals surface area (Å²) in [6, 6.07) is 14.6. The number of hydrogen-bond donors (Lipinski definition) is 0. The number of carbonyl (C=O) groups is 2. The van der Waals surface area contributed by atoms with E-state index in [0.717, 1.165) is 43.6 Å². The summed E-state index contributed by atoms with van der Waals surface area (Å²) in [7, 11) is 0. The van der Waals surface area contributed by atoms with E-state index >= 15 is 0 Å². The summed E-state index contributed by atoms with van der Waals surface area (Å²) in [5.74, 6) is 3.15. The molecule has 2 aromatic rings. The lowest BCUT2D eigenvalue weighted by Gasteiger charge is -2.60. The highest BCUT2D eigenvalue weighted by Crippen LogP contribution is 2.60. The maximum Gasteiger partial charge on any atom is 0.308 e. The minimum absolute atomic E-state index is 0.231. The van der Waals surface area contributed by atoms with Gasteiger partial charge < -0.3 is 18.9 Å². The van der Waals surface area contributed by atoms with Gasteiger partial charge in [-0.15, -0.1) is 0 Å². The third-order valence-electron chi connectivity index (χ3n) is 6.79. The van der Waals surface area contributed by atoms with E-state index in [1.54, 1.807) is 24.3 Å². The van der Waals surface area contributed by atoms with Gasteiger partial charge in [0, 0.05) is 20.3 Å². The zero-order chi connectivity index (χ0) is 22.3. The summed E-state index contributed by atoms with van der Waals surface area (Å²) >= 11 is 0. The largest absolute Gasteiger partial charge is 0.487 e. The SMILES string of the molecule is CC(=O)Oc1ccc(OC23CC4CC(C2)CC(Oc2ccc(OC(C)=O)cc2)(C4)C3)cc1. The van der Waals surface area contributed by atoms with Crippen LogP contribution >= 0.6 is 0 Å². The monoisotopic (exact) mass is 436 g/mol. The average Bonchev–Trinajstić information content (AvgIpc) is 2.69. The minimum Gasteiger partial charge on any atom is -0.487 e. The van der Waals surface area contributed by atoms with Crippen molar-refractivity contribution in [1.82, 2.24) is 0 Å². The van der Waals surface area contributed by atoms with Crippen LogP contribution in [-0.4, -0.2) is 23.1 Å². The first-order chi connectivity index (χ1) is 15.3. The fourth-order valence-corrected chi connectivity index (χ4v) is 6.32. The van der Waals surface area contributed by atoms with E-state index in [1.165, 1.54) is 20.3 Å². The molecule has 4 aliphatic rings. The Morgan fingerprint density at radius 1 is 0.656 bits per heavy atom. The standard InChI is InChI=1S/C26H28O6/c1-17(27)29-21-3-7-23(8-4-21)31-25-12-19-11-20(13-25)15-26(14-19,16-25)32-24-9-5-22(6-10-24)30-18(2)28/h3-10,19-20H,11-16H2,1-2H3. The van der Waals surface area contributed by atoms with Crippen molar-refractivity contribution >= 4 is 11.9 Å². The highest BCUT2D eigenvalue weighted by molar-refractivity contribution is 5.69. The molecule has 0 aliphatic heterocycles. The molecule has 0 aromatic heterocycles. The number of hydrogen-bond acceptors (Lipinski definition) is 6. The maximum atomic E-state index is 11.2. The van der Waals surface area contributed by atoms with Gasteiger partial charge in [-0.25, -0.2) is 0 Å². The Kier molecular flexibility index (Phi) is 5.11. The van der Waals surface area contributed by atoms with Crippen LogP contribution in [0.5, 0.6) is 23.0 Å². The van der Waals surface area contributed by atoms with E-state index < -0.39 is 0 Å². The average molecular weight is 437 g/mol. The van der Waals surface area contributed by atoms with Crippen LogP contribution in [0.3, 0.4) is 0 Å². The molecule has 0 atom stereocenters. The number of ether oxygens (including phenoxy) is 4. The fraction of sp³-hybridized carbons (Fsp3) is 0.462. The zero-order valence-electron chi connectivity index (χ0n) is 18.5. The Bertz CT molecular complexity index is 916. The molecule has 0 heterocycles. The molecule has 32 heavy (non-hydrogen) atoms. The van der Waals surface area contributed by atoms with Crippen molar-refractivity contribution in [3.63, 3.8) is 0 Å². The van der Waals surface area contributed by atoms with Crippen LogP contribution in [0, 0.1) is 11.8 Å². The molecule has 4 aliphatic carbocycles. The van der Waals surface area contributed by atoms with Crippen LogP contribution in [0.2, 0.25) is 0 Å². The summed E-state index contributed by atoms with van der Waals surface area (Å²) < 4.78 is 23.5. The molecular formula is C26H28O6. The second kappa shape index (κ2) is 7.84. The molecular weight excluding hydrogens is 408 g/mol. The van der Waals surface area contributed by atoms with Crippen molar-refractivity contribution in [1.29, 1.82) is 0 Å². The van der Waals surface area contributed by atoms with Crippen LogP contribution in [0.4, 0.5) is 0 Å². The molecule has 2 aromatic carbocycles. The Balaban J connectivity index is 1.32. The summed E-state index contributed by atoms with van der Waals surface area (Å²) in [6.45, 7) is 2.78. The van der Waals surface area contributed by atoms with Crippen molar-refractivity contribution in [2.75, 3.05) is 0 Å². The lowest BCUT2D eigenvalue weighted by molar-refractivity contribution is -0.177. The summed E-state index contributed by atoms with van der Waals surface area (Å²) in [6.07, 6.45) is 6.28. The van der Waals surface area contributed by atoms with Crippen LogP contribution in [-0.2, 0) is 9.59 Å². The molecule has 6 heteroatoms. The van der Waals surface area contributed by atoms with E-state index in [4.69, 9.17) is 18.9 Å². The number of benzene rings is 2. The third-order valence-corrected chi connectivity index (χ3v) is 6.79. The molecule has 4 fully saturated rings. The normalized spacial score (nSPS) is 29.9. The Labute approximate surface area is 187 Å². The Morgan fingerprint density at radius 3 is 1.34 bits per heavy atom. The van der Waals surface area contributed by atoms with Gasteiger partial charge in [-0.05, 0) is 92.5 Å². The van der Waals surface area contributed by atoms with Crippen LogP contribution in [0.15, 0.2) is 48.5 Å². The minimum atomic E-state index is -0.334. The first-order valence-corrected chi connectivity index (χ1v) is 11.3. The van der Waals surface area contributed by atoms with Gasteiger partial charge in [0.1, 0.15) is 34.2 Å². The molecule has 0 radical (unpaired) electrons. The number of rotatable bonds is 6. The molecule has 0 spiro atoms. The van der Waals surface area contributed by atoms with Crippen LogP contribution in [0.25, 0.3) is 0 Å². The van der Waals surface area contributed by atoms with Gasteiger partial charge >= 0.3 is 11.9 Å². The Hall–Kier alpha value is -3.02. The molecule has 168 valence electrons. The smallest absolute Gasteiger partial charge is 0.308 e. The number of esters is 2. The van der Waals surface area contributed by atoms with Crippen LogP contribution < -0.4 is 18.9 Å². The Morgan fingerprint density at radius 2 is 1.00 bits per heavy atom. The van der Waals surface area contributed by atoms with E-state index in [2.05, 4.69) is 0 Å². The van der Waals surface area contributed by atoms with Crippen LogP contribution in [0.1, 0.15) is 52.4 Å². The van der Waals surface area contributed by atoms with Gasteiger partial charge in [0.15, 0.2) is 0 Å². The van der Waals surface area contributed by atoms with E-state index in [0.29, 0.717) is 23.3 Å². The second-order valence-corrected chi connectivity index (χ2v) is 9.66. The van der Waals surface area contributed by atoms with E-state index in [1.807, 2.05) is 24.3 Å². The third kappa shape index (κ3) is 4.31. The molecule has 0 N–H and O–H groups in total. The lowest BCUT2D eigenvalue weighted by Crippen LogP contribution is -2.63. The molecule has 4 saturated carbocycles. The van der Waals surface area contributed by atoms with Gasteiger partial charge in [0.05, 0.1) is 0 Å². The van der Waals surface area contributed by atoms with E-state index in [-0.39, 0.29) is 23.1 Å². The molecule has 0 amide bonds. The van der Waals surface area contributed by atoms with Gasteiger partial charge in [0.2, 0.25) is 0 Å². The van der Waals surface area contributed by atoms with Gasteiger partial charge in [-0.1, -0.05) is 0 Å². The molecule has 0 saturated heterocycles. The molecule has 4 bridgehead atoms. The van der Waals surface area contributed by atoms with E-state index in [9.17, 15) is 9.59 Å². The highest BCUT2D eigenvalue weighted by Gasteiger charge is 2.60. The first-order valence-electron chi connectivity index (χ1n) is 11.3. The second-order valence-electron chi connectivity index (χ2n) is 9.66. The lowest BCUT2D eigenvalue weighted by atomic mass is 9.52. The van der Waals surface area contributed by atoms with Crippen molar-refractivity contribution in [3.8, 4) is 23.0 Å². The van der Waals surface area contributed by atoms with Gasteiger partial charge in [0.25, 0.3) is 0 Å². The fourth-order valence-electron chi connectivity index (χ4n) is 6.32. The first kappa shape index (κ1) is 20.9. The summed E-state index contributed by atoms with van der Waals surface area (Å²) in [4.78, 5) is 22.3. The molecule has 6 nitrogen and oxygen atoms in total. The van der Waals surface area contributed by atoms with Crippen molar-refractivity contribution < 1.29 is 28.5 Å². The van der Waals surface area contributed by atoms with Gasteiger partial charge in [-0.2, -0.15) is 0 Å². The maximum absolute atomic E-state index is 11.2. The van der Waals surface area contributed by atoms with Crippen molar-refractivity contribution in [2.24, 2.45) is 11.8 Å². The summed E-state index contributed by atoms with van der Waals surface area (Å²) in [5, 5.41) is 0. The predicted molar refractivity (Wildman–Crippen MR) is 117 cm³/mol. The number of carbonyl (C=O) groups excluding carboxylic acids is 2. The predicted octanol–water partition coefficient (Wildman–Crippen LogP) is 5.09. The van der Waals surface area contributed by atoms with Crippen molar-refractivity contribution in [3.05, 3.63) is 48.5 Å². The zero-order valence-corrected chi connectivity index (χ0v) is 18.5. The highest BCUT2D eigenvalue weighted by atomic mass is 16.5. The quantitative estimate of drug-likeness (QED) is 0.464. The van der Waals surface area contributed by atoms with Gasteiger partial charge in [-0.3, -0.25) is 9.59 Å². The molecule has 6 rings (SSSR count).